The molecule has 0 aliphatic rings. The molecule has 0 saturated carbocycles. The Morgan fingerprint density at radius 3 is 2.67 bits per heavy atom. The zero-order valence-electron chi connectivity index (χ0n) is 9.08. The van der Waals surface area contributed by atoms with Crippen LogP contribution in [0.15, 0.2) is 18.2 Å². The van der Waals surface area contributed by atoms with Crippen molar-refractivity contribution in [1.82, 2.24) is 0 Å². The molecule has 0 aromatic heterocycles. The largest absolute Gasteiger partial charge is 0.329 e. The second kappa shape index (κ2) is 4.91. The van der Waals surface area contributed by atoms with Crippen LogP contribution in [0.4, 0.5) is 5.69 Å². The van der Waals surface area contributed by atoms with E-state index in [9.17, 15) is 4.79 Å². The molecular weight excluding hydrogens is 190 g/mol. The molecule has 4 heteroatoms. The summed E-state index contributed by atoms with van der Waals surface area (Å²) in [6.45, 7) is 3.85. The molecule has 82 valence electrons. The molecule has 0 saturated heterocycles. The summed E-state index contributed by atoms with van der Waals surface area (Å²) in [5, 5.41) is 2.72. The number of rotatable bonds is 3. The molecule has 0 aliphatic carbocycles. The fraction of sp³-hybridized carbons (Fsp3) is 0.364. The first-order valence-electron chi connectivity index (χ1n) is 4.88. The summed E-state index contributed by atoms with van der Waals surface area (Å²) in [6, 6.07) is 5.49. The van der Waals surface area contributed by atoms with Gasteiger partial charge in [0.2, 0.25) is 5.91 Å². The predicted octanol–water partition coefficient (Wildman–Crippen LogP) is 0.912. The Hall–Kier alpha value is -1.39. The maximum Gasteiger partial charge on any atom is 0.221 e. The van der Waals surface area contributed by atoms with Gasteiger partial charge in [-0.15, -0.1) is 0 Å². The molecule has 1 aromatic carbocycles. The van der Waals surface area contributed by atoms with Gasteiger partial charge in [0.05, 0.1) is 0 Å². The number of anilines is 1. The molecule has 0 heterocycles. The van der Waals surface area contributed by atoms with Crippen LogP contribution < -0.4 is 16.8 Å². The third kappa shape index (κ3) is 3.04. The van der Waals surface area contributed by atoms with E-state index in [1.54, 1.807) is 0 Å². The molecular formula is C11H17N3O. The molecule has 0 radical (unpaired) electrons. The number of amides is 1. The SMILES string of the molecule is CC(=O)Nc1ccc([C@@H](N)CN)c(C)c1. The van der Waals surface area contributed by atoms with Crippen molar-refractivity contribution in [3.05, 3.63) is 29.3 Å². The summed E-state index contributed by atoms with van der Waals surface area (Å²) in [5.41, 5.74) is 14.2. The Labute approximate surface area is 89.6 Å². The number of nitrogens with two attached hydrogens (primary N) is 2. The van der Waals surface area contributed by atoms with Crippen molar-refractivity contribution >= 4 is 11.6 Å². The highest BCUT2D eigenvalue weighted by atomic mass is 16.1. The number of carbonyl (C=O) groups is 1. The van der Waals surface area contributed by atoms with Crippen LogP contribution in [-0.4, -0.2) is 12.5 Å². The zero-order valence-corrected chi connectivity index (χ0v) is 9.08. The second-order valence-corrected chi connectivity index (χ2v) is 3.59. The van der Waals surface area contributed by atoms with E-state index in [-0.39, 0.29) is 11.9 Å². The van der Waals surface area contributed by atoms with Crippen molar-refractivity contribution < 1.29 is 4.79 Å². The summed E-state index contributed by atoms with van der Waals surface area (Å²) in [5.74, 6) is -0.0785. The van der Waals surface area contributed by atoms with Gasteiger partial charge in [0.1, 0.15) is 0 Å². The van der Waals surface area contributed by atoms with Crippen LogP contribution in [0.1, 0.15) is 24.1 Å². The van der Waals surface area contributed by atoms with Crippen LogP contribution in [0.3, 0.4) is 0 Å². The number of hydrogen-bond acceptors (Lipinski definition) is 3. The minimum atomic E-state index is -0.142. The van der Waals surface area contributed by atoms with E-state index in [0.29, 0.717) is 6.54 Å². The van der Waals surface area contributed by atoms with E-state index in [4.69, 9.17) is 11.5 Å². The van der Waals surface area contributed by atoms with Crippen molar-refractivity contribution in [2.45, 2.75) is 19.9 Å². The number of aryl methyl sites for hydroxylation is 1. The molecule has 15 heavy (non-hydrogen) atoms. The van der Waals surface area contributed by atoms with E-state index < -0.39 is 0 Å². The molecule has 5 N–H and O–H groups in total. The first kappa shape index (κ1) is 11.7. The van der Waals surface area contributed by atoms with E-state index in [1.807, 2.05) is 25.1 Å². The van der Waals surface area contributed by atoms with E-state index in [1.165, 1.54) is 6.92 Å². The Balaban J connectivity index is 2.92. The standard InChI is InChI=1S/C11H17N3O/c1-7-5-9(14-8(2)15)3-4-10(7)11(13)6-12/h3-5,11H,6,12-13H2,1-2H3,(H,14,15)/t11-/m0/s1. The van der Waals surface area contributed by atoms with E-state index in [2.05, 4.69) is 5.32 Å². The summed E-state index contributed by atoms with van der Waals surface area (Å²) in [6.07, 6.45) is 0. The smallest absolute Gasteiger partial charge is 0.221 e. The quantitative estimate of drug-likeness (QED) is 0.689. The van der Waals surface area contributed by atoms with Crippen molar-refractivity contribution in [1.29, 1.82) is 0 Å². The topological polar surface area (TPSA) is 81.1 Å². The molecule has 1 aromatic rings. The fourth-order valence-corrected chi connectivity index (χ4v) is 1.50. The first-order valence-corrected chi connectivity index (χ1v) is 4.88. The van der Waals surface area contributed by atoms with Gasteiger partial charge in [0.15, 0.2) is 0 Å². The summed E-state index contributed by atoms with van der Waals surface area (Å²) >= 11 is 0. The van der Waals surface area contributed by atoms with Gasteiger partial charge in [-0.1, -0.05) is 6.07 Å². The maximum atomic E-state index is 10.8. The van der Waals surface area contributed by atoms with Gasteiger partial charge < -0.3 is 16.8 Å². The van der Waals surface area contributed by atoms with Crippen molar-refractivity contribution in [2.24, 2.45) is 11.5 Å². The van der Waals surface area contributed by atoms with Gasteiger partial charge in [-0.25, -0.2) is 0 Å². The lowest BCUT2D eigenvalue weighted by atomic mass is 10.0. The van der Waals surface area contributed by atoms with Crippen LogP contribution in [0, 0.1) is 6.92 Å². The summed E-state index contributed by atoms with van der Waals surface area (Å²) < 4.78 is 0. The monoisotopic (exact) mass is 207 g/mol. The van der Waals surface area contributed by atoms with Gasteiger partial charge in [-0.3, -0.25) is 4.79 Å². The number of benzene rings is 1. The number of hydrogen-bond donors (Lipinski definition) is 3. The molecule has 0 aliphatic heterocycles. The normalized spacial score (nSPS) is 12.3. The van der Waals surface area contributed by atoms with Crippen LogP contribution in [0.5, 0.6) is 0 Å². The Kier molecular flexibility index (Phi) is 3.82. The lowest BCUT2D eigenvalue weighted by Crippen LogP contribution is -2.21. The highest BCUT2D eigenvalue weighted by Gasteiger charge is 2.07. The van der Waals surface area contributed by atoms with Crippen LogP contribution >= 0.6 is 0 Å². The average Bonchev–Trinajstić information content (AvgIpc) is 2.16. The van der Waals surface area contributed by atoms with Gasteiger partial charge >= 0.3 is 0 Å². The van der Waals surface area contributed by atoms with Gasteiger partial charge in [-0.05, 0) is 30.2 Å². The predicted molar refractivity (Wildman–Crippen MR) is 61.5 cm³/mol. The van der Waals surface area contributed by atoms with Crippen molar-refractivity contribution in [3.8, 4) is 0 Å². The average molecular weight is 207 g/mol. The zero-order chi connectivity index (χ0) is 11.4. The fourth-order valence-electron chi connectivity index (χ4n) is 1.50. The van der Waals surface area contributed by atoms with Gasteiger partial charge in [-0.2, -0.15) is 0 Å². The molecule has 1 amide bonds. The highest BCUT2D eigenvalue weighted by molar-refractivity contribution is 5.88. The molecule has 0 fully saturated rings. The first-order chi connectivity index (χ1) is 7.04. The van der Waals surface area contributed by atoms with E-state index in [0.717, 1.165) is 16.8 Å². The summed E-state index contributed by atoms with van der Waals surface area (Å²) in [4.78, 5) is 10.8. The van der Waals surface area contributed by atoms with Crippen molar-refractivity contribution in [3.63, 3.8) is 0 Å². The lowest BCUT2D eigenvalue weighted by molar-refractivity contribution is -0.114. The molecule has 0 unspecified atom stereocenters. The minimum absolute atomic E-state index is 0.0785. The van der Waals surface area contributed by atoms with Gasteiger partial charge in [0, 0.05) is 25.2 Å². The molecule has 0 spiro atoms. The Bertz CT molecular complexity index is 363. The molecule has 1 atom stereocenters. The van der Waals surface area contributed by atoms with Crippen LogP contribution in [-0.2, 0) is 4.79 Å². The number of carbonyl (C=O) groups excluding carboxylic acids is 1. The third-order valence-electron chi connectivity index (χ3n) is 2.24. The lowest BCUT2D eigenvalue weighted by Gasteiger charge is -2.13. The molecule has 1 rings (SSSR count). The van der Waals surface area contributed by atoms with Crippen LogP contribution in [0.2, 0.25) is 0 Å². The van der Waals surface area contributed by atoms with Crippen molar-refractivity contribution in [2.75, 3.05) is 11.9 Å². The minimum Gasteiger partial charge on any atom is -0.329 e. The molecule has 4 nitrogen and oxygen atoms in total. The Morgan fingerprint density at radius 2 is 2.20 bits per heavy atom. The molecule has 0 bridgehead atoms. The summed E-state index contributed by atoms with van der Waals surface area (Å²) in [7, 11) is 0. The third-order valence-corrected chi connectivity index (χ3v) is 2.24. The van der Waals surface area contributed by atoms with Gasteiger partial charge in [0.25, 0.3) is 0 Å². The van der Waals surface area contributed by atoms with E-state index >= 15 is 0 Å². The maximum absolute atomic E-state index is 10.8. The Morgan fingerprint density at radius 1 is 1.53 bits per heavy atom. The van der Waals surface area contributed by atoms with Crippen LogP contribution in [0.25, 0.3) is 0 Å². The number of nitrogens with one attached hydrogen (secondary N) is 1. The highest BCUT2D eigenvalue weighted by Crippen LogP contribution is 2.19. The second-order valence-electron chi connectivity index (χ2n) is 3.59.